The summed E-state index contributed by atoms with van der Waals surface area (Å²) >= 11 is 0. The molecule has 0 bridgehead atoms. The van der Waals surface area contributed by atoms with Crippen LogP contribution >= 0.6 is 0 Å². The molecular formula is C15H19F3N2O. The lowest BCUT2D eigenvalue weighted by Crippen LogP contribution is -2.41. The highest BCUT2D eigenvalue weighted by atomic mass is 19.4. The molecule has 1 aliphatic heterocycles. The molecule has 0 radical (unpaired) electrons. The minimum absolute atomic E-state index is 0.223. The number of nitrogen functional groups attached to an aromatic ring is 1. The molecule has 1 aliphatic rings. The second-order valence-corrected chi connectivity index (χ2v) is 5.50. The van der Waals surface area contributed by atoms with Gasteiger partial charge in [0.2, 0.25) is 5.91 Å². The molecule has 1 saturated heterocycles. The van der Waals surface area contributed by atoms with Crippen LogP contribution in [0, 0.1) is 6.92 Å². The van der Waals surface area contributed by atoms with E-state index >= 15 is 0 Å². The third kappa shape index (κ3) is 3.89. The number of likely N-dealkylation sites (tertiary alicyclic amines) is 1. The Bertz CT molecular complexity index is 528. The first-order chi connectivity index (χ1) is 9.78. The fourth-order valence-corrected chi connectivity index (χ4v) is 2.75. The summed E-state index contributed by atoms with van der Waals surface area (Å²) in [5.41, 5.74) is 8.10. The number of nitrogens with two attached hydrogens (primary N) is 1. The summed E-state index contributed by atoms with van der Waals surface area (Å²) in [6.45, 7) is 2.02. The van der Waals surface area contributed by atoms with Crippen LogP contribution in [0.25, 0.3) is 0 Å². The minimum Gasteiger partial charge on any atom is -0.399 e. The van der Waals surface area contributed by atoms with Gasteiger partial charge in [-0.15, -0.1) is 0 Å². The predicted octanol–water partition coefficient (Wildman–Crippen LogP) is 3.24. The van der Waals surface area contributed by atoms with Crippen molar-refractivity contribution in [3.63, 3.8) is 0 Å². The Balaban J connectivity index is 2.14. The number of halogens is 3. The van der Waals surface area contributed by atoms with Crippen molar-refractivity contribution in [2.24, 2.45) is 0 Å². The summed E-state index contributed by atoms with van der Waals surface area (Å²) in [4.78, 5) is 13.7. The first-order valence-corrected chi connectivity index (χ1v) is 6.99. The van der Waals surface area contributed by atoms with Gasteiger partial charge in [0, 0.05) is 18.8 Å². The van der Waals surface area contributed by atoms with Crippen molar-refractivity contribution in [3.8, 4) is 0 Å². The lowest BCUT2D eigenvalue weighted by Gasteiger charge is -2.33. The third-order valence-electron chi connectivity index (χ3n) is 3.87. The van der Waals surface area contributed by atoms with Gasteiger partial charge in [-0.3, -0.25) is 4.79 Å². The number of anilines is 1. The molecule has 1 fully saturated rings. The quantitative estimate of drug-likeness (QED) is 0.871. The number of hydrogen-bond donors (Lipinski definition) is 1. The zero-order chi connectivity index (χ0) is 15.6. The summed E-state index contributed by atoms with van der Waals surface area (Å²) in [6, 6.07) is 5.35. The Hall–Kier alpha value is -1.72. The molecule has 1 aromatic carbocycles. The van der Waals surface area contributed by atoms with Gasteiger partial charge in [-0.1, -0.05) is 6.07 Å². The van der Waals surface area contributed by atoms with Gasteiger partial charge >= 0.3 is 6.18 Å². The average molecular weight is 300 g/mol. The normalized spacial score (nSPS) is 19.9. The maximum atomic E-state index is 12.4. The van der Waals surface area contributed by atoms with Crippen molar-refractivity contribution in [1.29, 1.82) is 0 Å². The molecule has 2 N–H and O–H groups in total. The van der Waals surface area contributed by atoms with Crippen LogP contribution in [-0.2, 0) is 4.79 Å². The van der Waals surface area contributed by atoms with E-state index in [1.807, 2.05) is 13.0 Å². The zero-order valence-electron chi connectivity index (χ0n) is 11.9. The summed E-state index contributed by atoms with van der Waals surface area (Å²) in [6.07, 6.45) is -3.82. The number of aryl methyl sites for hydroxylation is 1. The number of alkyl halides is 3. The molecule has 21 heavy (non-hydrogen) atoms. The highest BCUT2D eigenvalue weighted by molar-refractivity contribution is 5.85. The van der Waals surface area contributed by atoms with Crippen LogP contribution in [0.1, 0.15) is 36.3 Å². The SMILES string of the molecule is Cc1ccc(N)cc1[C@@H]1CCCN(CCC(F)(F)F)C1=O. The second-order valence-electron chi connectivity index (χ2n) is 5.50. The van der Waals surface area contributed by atoms with E-state index in [-0.39, 0.29) is 18.4 Å². The molecule has 1 heterocycles. The Kier molecular flexibility index (Phi) is 4.44. The van der Waals surface area contributed by atoms with Gasteiger partial charge in [-0.25, -0.2) is 0 Å². The van der Waals surface area contributed by atoms with Gasteiger partial charge in [0.15, 0.2) is 0 Å². The van der Waals surface area contributed by atoms with Crippen LogP contribution in [0.5, 0.6) is 0 Å². The lowest BCUT2D eigenvalue weighted by molar-refractivity contribution is -0.147. The molecule has 1 amide bonds. The van der Waals surface area contributed by atoms with E-state index in [1.54, 1.807) is 12.1 Å². The van der Waals surface area contributed by atoms with Crippen LogP contribution in [0.4, 0.5) is 18.9 Å². The molecule has 0 aliphatic carbocycles. The van der Waals surface area contributed by atoms with Gasteiger partial charge in [0.05, 0.1) is 12.3 Å². The van der Waals surface area contributed by atoms with E-state index in [1.165, 1.54) is 4.90 Å². The van der Waals surface area contributed by atoms with Crippen LogP contribution in [0.15, 0.2) is 18.2 Å². The average Bonchev–Trinajstić information content (AvgIpc) is 2.40. The van der Waals surface area contributed by atoms with Gasteiger partial charge in [0.1, 0.15) is 0 Å². The standard InChI is InChI=1S/C15H19F3N2O/c1-10-4-5-11(19)9-13(10)12-3-2-7-20(14(12)21)8-6-15(16,17)18/h4-5,9,12H,2-3,6-8,19H2,1H3/t12-/m0/s1. The Morgan fingerprint density at radius 1 is 1.38 bits per heavy atom. The number of piperidine rings is 1. The van der Waals surface area contributed by atoms with Crippen molar-refractivity contribution >= 4 is 11.6 Å². The number of carbonyl (C=O) groups excluding carboxylic acids is 1. The van der Waals surface area contributed by atoms with Crippen LogP contribution < -0.4 is 5.73 Å². The number of hydrogen-bond acceptors (Lipinski definition) is 2. The summed E-state index contributed by atoms with van der Waals surface area (Å²) in [7, 11) is 0. The summed E-state index contributed by atoms with van der Waals surface area (Å²) in [5, 5.41) is 0. The highest BCUT2D eigenvalue weighted by Crippen LogP contribution is 2.32. The van der Waals surface area contributed by atoms with E-state index in [9.17, 15) is 18.0 Å². The predicted molar refractivity (Wildman–Crippen MR) is 74.8 cm³/mol. The van der Waals surface area contributed by atoms with Crippen LogP contribution in [0.3, 0.4) is 0 Å². The molecular weight excluding hydrogens is 281 g/mol. The van der Waals surface area contributed by atoms with E-state index in [4.69, 9.17) is 5.73 Å². The maximum absolute atomic E-state index is 12.4. The number of nitrogens with zero attached hydrogens (tertiary/aromatic N) is 1. The smallest absolute Gasteiger partial charge is 0.390 e. The molecule has 0 aromatic heterocycles. The minimum atomic E-state index is -4.24. The molecule has 0 spiro atoms. The summed E-state index contributed by atoms with van der Waals surface area (Å²) < 4.78 is 37.0. The largest absolute Gasteiger partial charge is 0.399 e. The molecule has 1 atom stereocenters. The van der Waals surface area contributed by atoms with Crippen molar-refractivity contribution in [2.45, 2.75) is 38.3 Å². The van der Waals surface area contributed by atoms with Crippen molar-refractivity contribution < 1.29 is 18.0 Å². The fraction of sp³-hybridized carbons (Fsp3) is 0.533. The third-order valence-corrected chi connectivity index (χ3v) is 3.87. The molecule has 116 valence electrons. The molecule has 1 aromatic rings. The van der Waals surface area contributed by atoms with Crippen molar-refractivity contribution in [1.82, 2.24) is 4.90 Å². The number of amides is 1. The molecule has 0 saturated carbocycles. The fourth-order valence-electron chi connectivity index (χ4n) is 2.75. The maximum Gasteiger partial charge on any atom is 0.390 e. The van der Waals surface area contributed by atoms with Gasteiger partial charge in [-0.05, 0) is 43.0 Å². The topological polar surface area (TPSA) is 46.3 Å². The van der Waals surface area contributed by atoms with Gasteiger partial charge in [-0.2, -0.15) is 13.2 Å². The van der Waals surface area contributed by atoms with Crippen LogP contribution in [0.2, 0.25) is 0 Å². The van der Waals surface area contributed by atoms with Crippen LogP contribution in [-0.4, -0.2) is 30.1 Å². The molecule has 6 heteroatoms. The van der Waals surface area contributed by atoms with Gasteiger partial charge < -0.3 is 10.6 Å². The Morgan fingerprint density at radius 3 is 2.76 bits per heavy atom. The van der Waals surface area contributed by atoms with E-state index in [2.05, 4.69) is 0 Å². The van der Waals surface area contributed by atoms with Crippen molar-refractivity contribution in [2.75, 3.05) is 18.8 Å². The van der Waals surface area contributed by atoms with Crippen molar-refractivity contribution in [3.05, 3.63) is 29.3 Å². The number of carbonyl (C=O) groups is 1. The number of rotatable bonds is 3. The lowest BCUT2D eigenvalue weighted by atomic mass is 9.87. The zero-order valence-corrected chi connectivity index (χ0v) is 11.9. The number of benzene rings is 1. The van der Waals surface area contributed by atoms with E-state index in [0.717, 1.165) is 11.1 Å². The molecule has 0 unspecified atom stereocenters. The van der Waals surface area contributed by atoms with E-state index < -0.39 is 12.6 Å². The first-order valence-electron chi connectivity index (χ1n) is 6.99. The highest BCUT2D eigenvalue weighted by Gasteiger charge is 2.34. The Labute approximate surface area is 121 Å². The monoisotopic (exact) mass is 300 g/mol. The first kappa shape index (κ1) is 15.7. The summed E-state index contributed by atoms with van der Waals surface area (Å²) in [5.74, 6) is -0.602. The second kappa shape index (κ2) is 5.95. The molecule has 3 nitrogen and oxygen atoms in total. The van der Waals surface area contributed by atoms with E-state index in [0.29, 0.717) is 25.1 Å². The van der Waals surface area contributed by atoms with Gasteiger partial charge in [0.25, 0.3) is 0 Å². The molecule has 2 rings (SSSR count). The Morgan fingerprint density at radius 2 is 2.10 bits per heavy atom.